The molecule has 0 aromatic carbocycles. The minimum absolute atomic E-state index is 0.229. The Bertz CT molecular complexity index is 685. The van der Waals surface area contributed by atoms with E-state index in [0.717, 1.165) is 4.31 Å². The van der Waals surface area contributed by atoms with Crippen LogP contribution in [0.1, 0.15) is 36.2 Å². The number of aliphatic carboxylic acids is 1. The molecule has 0 atom stereocenters. The maximum Gasteiger partial charge on any atom is 0.329 e. The summed E-state index contributed by atoms with van der Waals surface area (Å²) in [7, 11) is -1.09. The number of hydrogen-bond acceptors (Lipinski definition) is 5. The van der Waals surface area contributed by atoms with Crippen molar-refractivity contribution in [3.05, 3.63) is 17.9 Å². The third-order valence-electron chi connectivity index (χ3n) is 3.76. The second-order valence-corrected chi connectivity index (χ2v) is 7.54. The van der Waals surface area contributed by atoms with Crippen molar-refractivity contribution >= 4 is 21.9 Å². The summed E-state index contributed by atoms with van der Waals surface area (Å²) < 4.78 is 29.8. The number of sulfonamides is 1. The van der Waals surface area contributed by atoms with Crippen LogP contribution in [-0.2, 0) is 14.8 Å². The summed E-state index contributed by atoms with van der Waals surface area (Å²) >= 11 is 0. The number of amides is 1. The van der Waals surface area contributed by atoms with Gasteiger partial charge in [-0.25, -0.2) is 17.5 Å². The second kappa shape index (κ2) is 5.73. The SMILES string of the molecule is CN(C)S(=O)(=O)c1ccc(C(=O)NC2(C(=O)O)CCCC2)o1. The lowest BCUT2D eigenvalue weighted by molar-refractivity contribution is -0.144. The zero-order chi connectivity index (χ0) is 16.5. The van der Waals surface area contributed by atoms with Crippen LogP contribution in [0, 0.1) is 0 Å². The normalized spacial score (nSPS) is 17.6. The highest BCUT2D eigenvalue weighted by atomic mass is 32.2. The molecule has 1 aliphatic rings. The largest absolute Gasteiger partial charge is 0.480 e. The highest BCUT2D eigenvalue weighted by molar-refractivity contribution is 7.88. The summed E-state index contributed by atoms with van der Waals surface area (Å²) in [6, 6.07) is 2.39. The molecule has 8 nitrogen and oxygen atoms in total. The first-order chi connectivity index (χ1) is 10.2. The lowest BCUT2D eigenvalue weighted by atomic mass is 9.98. The van der Waals surface area contributed by atoms with Gasteiger partial charge >= 0.3 is 5.97 Å². The standard InChI is InChI=1S/C13H18N2O6S/c1-15(2)22(19,20)10-6-5-9(21-10)11(16)14-13(12(17)18)7-3-4-8-13/h5-6H,3-4,7-8H2,1-2H3,(H,14,16)(H,17,18). The lowest BCUT2D eigenvalue weighted by Crippen LogP contribution is -2.52. The van der Waals surface area contributed by atoms with Gasteiger partial charge in [-0.3, -0.25) is 4.79 Å². The van der Waals surface area contributed by atoms with Gasteiger partial charge in [0.25, 0.3) is 15.9 Å². The Morgan fingerprint density at radius 1 is 1.27 bits per heavy atom. The van der Waals surface area contributed by atoms with Crippen LogP contribution in [0.25, 0.3) is 0 Å². The van der Waals surface area contributed by atoms with E-state index in [4.69, 9.17) is 4.42 Å². The van der Waals surface area contributed by atoms with E-state index in [1.54, 1.807) is 0 Å². The van der Waals surface area contributed by atoms with Gasteiger partial charge in [-0.15, -0.1) is 0 Å². The highest BCUT2D eigenvalue weighted by Crippen LogP contribution is 2.30. The predicted molar refractivity (Wildman–Crippen MR) is 75.9 cm³/mol. The van der Waals surface area contributed by atoms with Crippen LogP contribution >= 0.6 is 0 Å². The number of carbonyl (C=O) groups is 2. The Hall–Kier alpha value is -1.87. The zero-order valence-corrected chi connectivity index (χ0v) is 13.1. The smallest absolute Gasteiger partial charge is 0.329 e. The van der Waals surface area contributed by atoms with Crippen molar-refractivity contribution < 1.29 is 27.5 Å². The molecular formula is C13H18N2O6S. The highest BCUT2D eigenvalue weighted by Gasteiger charge is 2.43. The van der Waals surface area contributed by atoms with Crippen molar-refractivity contribution in [2.75, 3.05) is 14.1 Å². The molecule has 0 unspecified atom stereocenters. The summed E-state index contributed by atoms with van der Waals surface area (Å²) in [5.41, 5.74) is -1.30. The topological polar surface area (TPSA) is 117 Å². The molecule has 0 spiro atoms. The molecular weight excluding hydrogens is 312 g/mol. The van der Waals surface area contributed by atoms with Crippen molar-refractivity contribution in [3.63, 3.8) is 0 Å². The number of rotatable bonds is 5. The predicted octanol–water partition coefficient (Wildman–Crippen LogP) is 0.657. The van der Waals surface area contributed by atoms with E-state index in [9.17, 15) is 23.1 Å². The summed E-state index contributed by atoms with van der Waals surface area (Å²) in [4.78, 5) is 23.5. The number of carboxylic acids is 1. The lowest BCUT2D eigenvalue weighted by Gasteiger charge is -2.24. The Morgan fingerprint density at radius 3 is 2.36 bits per heavy atom. The second-order valence-electron chi connectivity index (χ2n) is 5.45. The van der Waals surface area contributed by atoms with E-state index in [2.05, 4.69) is 5.32 Å². The van der Waals surface area contributed by atoms with Gasteiger partial charge in [0.2, 0.25) is 5.09 Å². The molecule has 1 aromatic rings. The molecule has 1 fully saturated rings. The number of carboxylic acid groups (broad SMARTS) is 1. The molecule has 1 saturated carbocycles. The van der Waals surface area contributed by atoms with Crippen molar-refractivity contribution in [2.45, 2.75) is 36.3 Å². The van der Waals surface area contributed by atoms with Gasteiger partial charge in [-0.2, -0.15) is 0 Å². The van der Waals surface area contributed by atoms with Crippen LogP contribution in [0.4, 0.5) is 0 Å². The average Bonchev–Trinajstić information content (AvgIpc) is 3.07. The number of hydrogen-bond donors (Lipinski definition) is 2. The van der Waals surface area contributed by atoms with Crippen LogP contribution < -0.4 is 5.32 Å². The van der Waals surface area contributed by atoms with Gasteiger partial charge in [0.05, 0.1) is 0 Å². The molecule has 0 aliphatic heterocycles. The quantitative estimate of drug-likeness (QED) is 0.819. The van der Waals surface area contributed by atoms with Crippen LogP contribution in [0.5, 0.6) is 0 Å². The molecule has 0 bridgehead atoms. The summed E-state index contributed by atoms with van der Waals surface area (Å²) in [6.45, 7) is 0. The first-order valence-corrected chi connectivity index (χ1v) is 8.21. The third-order valence-corrected chi connectivity index (χ3v) is 5.45. The maximum absolute atomic E-state index is 12.1. The monoisotopic (exact) mass is 330 g/mol. The van der Waals surface area contributed by atoms with E-state index in [1.807, 2.05) is 0 Å². The van der Waals surface area contributed by atoms with Crippen LogP contribution in [-0.4, -0.2) is 49.3 Å². The molecule has 1 amide bonds. The molecule has 22 heavy (non-hydrogen) atoms. The first-order valence-electron chi connectivity index (χ1n) is 6.77. The fourth-order valence-corrected chi connectivity index (χ4v) is 3.21. The molecule has 122 valence electrons. The maximum atomic E-state index is 12.1. The van der Waals surface area contributed by atoms with Gasteiger partial charge in [0.1, 0.15) is 5.54 Å². The van der Waals surface area contributed by atoms with Gasteiger partial charge in [0.15, 0.2) is 5.76 Å². The molecule has 0 saturated heterocycles. The van der Waals surface area contributed by atoms with Gasteiger partial charge < -0.3 is 14.8 Å². The molecule has 1 heterocycles. The van der Waals surface area contributed by atoms with Crippen LogP contribution in [0.15, 0.2) is 21.6 Å². The van der Waals surface area contributed by atoms with E-state index in [1.165, 1.54) is 26.2 Å². The van der Waals surface area contributed by atoms with E-state index >= 15 is 0 Å². The van der Waals surface area contributed by atoms with Gasteiger partial charge in [-0.05, 0) is 25.0 Å². The molecule has 2 rings (SSSR count). The van der Waals surface area contributed by atoms with E-state index in [-0.39, 0.29) is 10.9 Å². The molecule has 0 radical (unpaired) electrons. The fraction of sp³-hybridized carbons (Fsp3) is 0.538. The van der Waals surface area contributed by atoms with Crippen molar-refractivity contribution in [1.29, 1.82) is 0 Å². The van der Waals surface area contributed by atoms with Gasteiger partial charge in [0, 0.05) is 14.1 Å². The van der Waals surface area contributed by atoms with Crippen molar-refractivity contribution in [1.82, 2.24) is 9.62 Å². The van der Waals surface area contributed by atoms with Crippen molar-refractivity contribution in [2.24, 2.45) is 0 Å². The molecule has 9 heteroatoms. The number of nitrogens with one attached hydrogen (secondary N) is 1. The van der Waals surface area contributed by atoms with Crippen molar-refractivity contribution in [3.8, 4) is 0 Å². The number of carbonyl (C=O) groups excluding carboxylic acids is 1. The van der Waals surface area contributed by atoms with Gasteiger partial charge in [-0.1, -0.05) is 12.8 Å². The first kappa shape index (κ1) is 16.5. The minimum atomic E-state index is -3.78. The van der Waals surface area contributed by atoms with E-state index < -0.39 is 27.4 Å². The number of nitrogens with zero attached hydrogens (tertiary/aromatic N) is 1. The average molecular weight is 330 g/mol. The summed E-state index contributed by atoms with van der Waals surface area (Å²) in [5, 5.41) is 11.4. The number of furan rings is 1. The minimum Gasteiger partial charge on any atom is -0.480 e. The zero-order valence-electron chi connectivity index (χ0n) is 12.3. The summed E-state index contributed by atoms with van der Waals surface area (Å²) in [6.07, 6.45) is 2.12. The third kappa shape index (κ3) is 2.86. The van der Waals surface area contributed by atoms with Crippen LogP contribution in [0.3, 0.4) is 0 Å². The van der Waals surface area contributed by atoms with Crippen LogP contribution in [0.2, 0.25) is 0 Å². The molecule has 1 aromatic heterocycles. The Balaban J connectivity index is 2.21. The Morgan fingerprint density at radius 2 is 1.86 bits per heavy atom. The Kier molecular flexibility index (Phi) is 4.30. The Labute approximate surface area is 128 Å². The molecule has 1 aliphatic carbocycles. The summed E-state index contributed by atoms with van der Waals surface area (Å²) in [5.74, 6) is -2.05. The fourth-order valence-electron chi connectivity index (χ4n) is 2.41. The molecule has 2 N–H and O–H groups in total. The van der Waals surface area contributed by atoms with E-state index in [0.29, 0.717) is 25.7 Å².